The zero-order chi connectivity index (χ0) is 19.4. The highest BCUT2D eigenvalue weighted by Gasteiger charge is 2.21. The summed E-state index contributed by atoms with van der Waals surface area (Å²) in [5.74, 6) is -0.760. The molecule has 0 saturated carbocycles. The second-order valence-corrected chi connectivity index (χ2v) is 6.20. The molecular formula is C20H18ClN3O3. The van der Waals surface area contributed by atoms with Gasteiger partial charge in [-0.3, -0.25) is 19.9 Å². The fraction of sp³-hybridized carbons (Fsp3) is 0.150. The maximum atomic E-state index is 12.6. The second-order valence-electron chi connectivity index (χ2n) is 5.77. The average molecular weight is 384 g/mol. The van der Waals surface area contributed by atoms with E-state index < -0.39 is 5.97 Å². The average Bonchev–Trinajstić information content (AvgIpc) is 3.00. The van der Waals surface area contributed by atoms with Crippen LogP contribution >= 0.6 is 11.6 Å². The summed E-state index contributed by atoms with van der Waals surface area (Å²) >= 11 is 5.97. The topological polar surface area (TPSA) is 73.2 Å². The number of halogens is 1. The van der Waals surface area contributed by atoms with Crippen LogP contribution in [0.1, 0.15) is 33.3 Å². The van der Waals surface area contributed by atoms with Gasteiger partial charge in [0.1, 0.15) is 0 Å². The summed E-state index contributed by atoms with van der Waals surface area (Å²) in [7, 11) is 0. The molecule has 6 nitrogen and oxygen atoms in total. The van der Waals surface area contributed by atoms with E-state index in [1.165, 1.54) is 0 Å². The summed E-state index contributed by atoms with van der Waals surface area (Å²) in [5, 5.41) is 0.597. The quantitative estimate of drug-likeness (QED) is 0.674. The summed E-state index contributed by atoms with van der Waals surface area (Å²) in [5.41, 5.74) is 5.69. The molecule has 0 aliphatic carbocycles. The van der Waals surface area contributed by atoms with Gasteiger partial charge in [0.05, 0.1) is 23.6 Å². The van der Waals surface area contributed by atoms with E-state index in [0.717, 1.165) is 5.56 Å². The molecule has 0 spiro atoms. The predicted octanol–water partition coefficient (Wildman–Crippen LogP) is 4.07. The number of esters is 1. The molecule has 0 bridgehead atoms. The van der Waals surface area contributed by atoms with Gasteiger partial charge in [-0.05, 0) is 44.2 Å². The molecule has 0 fully saturated rings. The molecule has 3 aromatic rings. The Morgan fingerprint density at radius 2 is 1.81 bits per heavy atom. The Labute approximate surface area is 161 Å². The number of pyridine rings is 1. The van der Waals surface area contributed by atoms with E-state index in [-0.39, 0.29) is 12.5 Å². The van der Waals surface area contributed by atoms with Gasteiger partial charge < -0.3 is 4.74 Å². The summed E-state index contributed by atoms with van der Waals surface area (Å²) in [6.45, 7) is 3.76. The first kappa shape index (κ1) is 18.7. The van der Waals surface area contributed by atoms with Crippen molar-refractivity contribution in [1.82, 2.24) is 9.66 Å². The highest BCUT2D eigenvalue weighted by molar-refractivity contribution is 6.30. The first-order chi connectivity index (χ1) is 13.0. The predicted molar refractivity (Wildman–Crippen MR) is 103 cm³/mol. The molecule has 0 radical (unpaired) electrons. The van der Waals surface area contributed by atoms with Crippen molar-refractivity contribution in [2.45, 2.75) is 13.8 Å². The molecule has 3 rings (SSSR count). The molecule has 0 aliphatic heterocycles. The lowest BCUT2D eigenvalue weighted by molar-refractivity contribution is 0.0525. The van der Waals surface area contributed by atoms with Crippen LogP contribution < -0.4 is 5.43 Å². The molecular weight excluding hydrogens is 366 g/mol. The van der Waals surface area contributed by atoms with Crippen LogP contribution in [0, 0.1) is 6.92 Å². The van der Waals surface area contributed by atoms with Gasteiger partial charge in [0.25, 0.3) is 5.91 Å². The number of rotatable bonds is 5. The van der Waals surface area contributed by atoms with E-state index in [4.69, 9.17) is 16.3 Å². The third kappa shape index (κ3) is 4.01. The number of ether oxygens (including phenoxy) is 1. The molecule has 2 heterocycles. The Balaban J connectivity index is 2.05. The molecule has 0 atom stereocenters. The molecule has 0 saturated heterocycles. The molecule has 138 valence electrons. The van der Waals surface area contributed by atoms with Crippen molar-refractivity contribution < 1.29 is 14.3 Å². The van der Waals surface area contributed by atoms with Gasteiger partial charge in [-0.25, -0.2) is 4.79 Å². The van der Waals surface area contributed by atoms with Crippen molar-refractivity contribution in [1.29, 1.82) is 0 Å². The number of carbonyl (C=O) groups excluding carboxylic acids is 2. The summed E-state index contributed by atoms with van der Waals surface area (Å²) in [6, 6.07) is 12.1. The lowest BCUT2D eigenvalue weighted by Gasteiger charge is -2.14. The van der Waals surface area contributed by atoms with Crippen molar-refractivity contribution >= 4 is 23.5 Å². The fourth-order valence-corrected chi connectivity index (χ4v) is 2.79. The van der Waals surface area contributed by atoms with Crippen LogP contribution in [0.3, 0.4) is 0 Å². The van der Waals surface area contributed by atoms with E-state index in [9.17, 15) is 9.59 Å². The molecule has 1 aromatic carbocycles. The normalized spacial score (nSPS) is 10.5. The zero-order valence-corrected chi connectivity index (χ0v) is 15.7. The van der Waals surface area contributed by atoms with Gasteiger partial charge in [0, 0.05) is 28.5 Å². The standard InChI is InChI=1S/C20H18ClN3O3/c1-3-27-20(26)17-12-18(14-4-6-16(21)7-5-14)24(13(17)2)23-19(25)15-8-10-22-11-9-15/h4-12H,3H2,1-2H3,(H,23,25). The highest BCUT2D eigenvalue weighted by Crippen LogP contribution is 2.27. The molecule has 7 heteroatoms. The Morgan fingerprint density at radius 3 is 2.44 bits per heavy atom. The fourth-order valence-electron chi connectivity index (χ4n) is 2.67. The van der Waals surface area contributed by atoms with E-state index in [0.29, 0.717) is 27.5 Å². The monoisotopic (exact) mass is 383 g/mol. The minimum atomic E-state index is -0.442. The number of benzene rings is 1. The van der Waals surface area contributed by atoms with Crippen LogP contribution in [-0.2, 0) is 4.74 Å². The Hall–Kier alpha value is -3.12. The second kappa shape index (κ2) is 8.05. The summed E-state index contributed by atoms with van der Waals surface area (Å²) in [4.78, 5) is 28.8. The number of aromatic nitrogens is 2. The van der Waals surface area contributed by atoms with E-state index in [2.05, 4.69) is 10.4 Å². The van der Waals surface area contributed by atoms with Gasteiger partial charge >= 0.3 is 5.97 Å². The van der Waals surface area contributed by atoms with Crippen LogP contribution in [0.25, 0.3) is 11.3 Å². The van der Waals surface area contributed by atoms with E-state index in [1.54, 1.807) is 61.2 Å². The number of carbonyl (C=O) groups is 2. The van der Waals surface area contributed by atoms with Crippen molar-refractivity contribution in [2.75, 3.05) is 12.0 Å². The molecule has 0 unspecified atom stereocenters. The van der Waals surface area contributed by atoms with Crippen molar-refractivity contribution in [2.24, 2.45) is 0 Å². The third-order valence-corrected chi connectivity index (χ3v) is 4.29. The van der Waals surface area contributed by atoms with Crippen LogP contribution in [0.2, 0.25) is 5.02 Å². The van der Waals surface area contributed by atoms with Gasteiger partial charge in [-0.15, -0.1) is 0 Å². The SMILES string of the molecule is CCOC(=O)c1cc(-c2ccc(Cl)cc2)n(NC(=O)c2ccncc2)c1C. The van der Waals surface area contributed by atoms with Crippen LogP contribution in [0.4, 0.5) is 0 Å². The van der Waals surface area contributed by atoms with Gasteiger partial charge in [-0.1, -0.05) is 23.7 Å². The highest BCUT2D eigenvalue weighted by atomic mass is 35.5. The van der Waals surface area contributed by atoms with Crippen molar-refractivity contribution in [3.8, 4) is 11.3 Å². The first-order valence-electron chi connectivity index (χ1n) is 8.38. The van der Waals surface area contributed by atoms with E-state index >= 15 is 0 Å². The molecule has 27 heavy (non-hydrogen) atoms. The number of hydrogen-bond acceptors (Lipinski definition) is 4. The first-order valence-corrected chi connectivity index (χ1v) is 8.76. The Kier molecular flexibility index (Phi) is 5.57. The molecule has 1 amide bonds. The van der Waals surface area contributed by atoms with Gasteiger partial charge in [-0.2, -0.15) is 0 Å². The van der Waals surface area contributed by atoms with Gasteiger partial charge in [0.15, 0.2) is 0 Å². The van der Waals surface area contributed by atoms with Crippen LogP contribution in [0.15, 0.2) is 54.9 Å². The Morgan fingerprint density at radius 1 is 1.15 bits per heavy atom. The third-order valence-electron chi connectivity index (χ3n) is 4.04. The van der Waals surface area contributed by atoms with Gasteiger partial charge in [0.2, 0.25) is 0 Å². The zero-order valence-electron chi connectivity index (χ0n) is 14.9. The smallest absolute Gasteiger partial charge is 0.340 e. The van der Waals surface area contributed by atoms with E-state index in [1.807, 2.05) is 12.1 Å². The summed E-state index contributed by atoms with van der Waals surface area (Å²) in [6.07, 6.45) is 3.09. The summed E-state index contributed by atoms with van der Waals surface area (Å²) < 4.78 is 6.71. The van der Waals surface area contributed by atoms with Crippen molar-refractivity contribution in [3.63, 3.8) is 0 Å². The minimum absolute atomic E-state index is 0.267. The Bertz CT molecular complexity index is 966. The lowest BCUT2D eigenvalue weighted by Crippen LogP contribution is -2.25. The lowest BCUT2D eigenvalue weighted by atomic mass is 10.1. The number of nitrogens with zero attached hydrogens (tertiary/aromatic N) is 2. The number of amides is 1. The molecule has 0 aliphatic rings. The van der Waals surface area contributed by atoms with Crippen molar-refractivity contribution in [3.05, 3.63) is 76.7 Å². The number of hydrogen-bond donors (Lipinski definition) is 1. The minimum Gasteiger partial charge on any atom is -0.462 e. The number of nitrogens with one attached hydrogen (secondary N) is 1. The largest absolute Gasteiger partial charge is 0.462 e. The maximum Gasteiger partial charge on any atom is 0.340 e. The van der Waals surface area contributed by atoms with Crippen LogP contribution in [0.5, 0.6) is 0 Å². The molecule has 1 N–H and O–H groups in total. The molecule has 2 aromatic heterocycles. The van der Waals surface area contributed by atoms with Crippen LogP contribution in [-0.4, -0.2) is 28.1 Å². The maximum absolute atomic E-state index is 12.6.